The van der Waals surface area contributed by atoms with Crippen LogP contribution in [0.5, 0.6) is 11.5 Å². The lowest BCUT2D eigenvalue weighted by molar-refractivity contribution is 0.0600. The lowest BCUT2D eigenvalue weighted by Gasteiger charge is -2.28. The summed E-state index contributed by atoms with van der Waals surface area (Å²) in [5.41, 5.74) is 1.08. The zero-order valence-corrected chi connectivity index (χ0v) is 15.5. The van der Waals surface area contributed by atoms with E-state index < -0.39 is 17.5 Å². The molecule has 0 unspecified atom stereocenters. The van der Waals surface area contributed by atoms with E-state index in [1.807, 2.05) is 32.0 Å². The van der Waals surface area contributed by atoms with Crippen LogP contribution in [0.1, 0.15) is 29.8 Å². The summed E-state index contributed by atoms with van der Waals surface area (Å²) in [5.74, 6) is 0.903. The van der Waals surface area contributed by atoms with Crippen molar-refractivity contribution in [1.82, 2.24) is 5.32 Å². The zero-order valence-electron chi connectivity index (χ0n) is 15.5. The molecule has 142 valence electrons. The second kappa shape index (κ2) is 7.57. The molecule has 0 saturated heterocycles. The maximum absolute atomic E-state index is 12.4. The summed E-state index contributed by atoms with van der Waals surface area (Å²) in [6.45, 7) is 4.81. The first-order chi connectivity index (χ1) is 12.9. The van der Waals surface area contributed by atoms with Gasteiger partial charge >= 0.3 is 12.0 Å². The average Bonchev–Trinajstić information content (AvgIpc) is 2.66. The molecule has 0 atom stereocenters. The number of methoxy groups -OCH3 is 1. The molecule has 1 aliphatic heterocycles. The van der Waals surface area contributed by atoms with Crippen LogP contribution < -0.4 is 20.1 Å². The molecule has 0 aromatic heterocycles. The maximum atomic E-state index is 12.4. The Kier molecular flexibility index (Phi) is 5.21. The molecule has 7 heteroatoms. The van der Waals surface area contributed by atoms with Gasteiger partial charge in [0.15, 0.2) is 11.5 Å². The summed E-state index contributed by atoms with van der Waals surface area (Å²) in [6, 6.07) is 11.8. The standard InChI is InChI=1S/C20H22N2O5/c1-20(2,14-7-8-16-17(12-14)27-10-9-26-16)22-19(24)21-15-6-4-5-13(11-15)18(23)25-3/h4-8,11-12H,9-10H2,1-3H3,(H2,21,22,24). The van der Waals surface area contributed by atoms with E-state index in [9.17, 15) is 9.59 Å². The third kappa shape index (κ3) is 4.31. The van der Waals surface area contributed by atoms with Gasteiger partial charge in [-0.2, -0.15) is 0 Å². The summed E-state index contributed by atoms with van der Waals surface area (Å²) in [4.78, 5) is 24.1. The summed E-state index contributed by atoms with van der Waals surface area (Å²) >= 11 is 0. The highest BCUT2D eigenvalue weighted by atomic mass is 16.6. The van der Waals surface area contributed by atoms with Crippen LogP contribution in [0.2, 0.25) is 0 Å². The van der Waals surface area contributed by atoms with Crippen molar-refractivity contribution in [2.75, 3.05) is 25.6 Å². The molecule has 7 nitrogen and oxygen atoms in total. The van der Waals surface area contributed by atoms with E-state index in [-0.39, 0.29) is 0 Å². The van der Waals surface area contributed by atoms with Gasteiger partial charge in [0.2, 0.25) is 0 Å². The Morgan fingerprint density at radius 1 is 1.04 bits per heavy atom. The lowest BCUT2D eigenvalue weighted by Crippen LogP contribution is -2.43. The molecule has 27 heavy (non-hydrogen) atoms. The highest BCUT2D eigenvalue weighted by Crippen LogP contribution is 2.34. The Morgan fingerprint density at radius 3 is 2.52 bits per heavy atom. The van der Waals surface area contributed by atoms with Gasteiger partial charge in [-0.15, -0.1) is 0 Å². The van der Waals surface area contributed by atoms with Crippen molar-refractivity contribution in [2.45, 2.75) is 19.4 Å². The predicted molar refractivity (Wildman–Crippen MR) is 100 cm³/mol. The first kappa shape index (κ1) is 18.6. The SMILES string of the molecule is COC(=O)c1cccc(NC(=O)NC(C)(C)c2ccc3c(c2)OCCO3)c1. The third-order valence-electron chi connectivity index (χ3n) is 4.23. The fourth-order valence-electron chi connectivity index (χ4n) is 2.79. The predicted octanol–water partition coefficient (Wildman–Crippen LogP) is 3.30. The van der Waals surface area contributed by atoms with Crippen LogP contribution in [0.3, 0.4) is 0 Å². The van der Waals surface area contributed by atoms with Crippen LogP contribution >= 0.6 is 0 Å². The molecule has 1 heterocycles. The number of hydrogen-bond acceptors (Lipinski definition) is 5. The first-order valence-electron chi connectivity index (χ1n) is 8.57. The average molecular weight is 370 g/mol. The van der Waals surface area contributed by atoms with Crippen molar-refractivity contribution < 1.29 is 23.8 Å². The van der Waals surface area contributed by atoms with Crippen LogP contribution in [0.25, 0.3) is 0 Å². The van der Waals surface area contributed by atoms with Gasteiger partial charge in [0, 0.05) is 5.69 Å². The Hall–Kier alpha value is -3.22. The monoisotopic (exact) mass is 370 g/mol. The molecule has 2 aromatic rings. The van der Waals surface area contributed by atoms with Crippen molar-refractivity contribution in [1.29, 1.82) is 0 Å². The van der Waals surface area contributed by atoms with E-state index in [2.05, 4.69) is 10.6 Å². The van der Waals surface area contributed by atoms with Crippen LogP contribution in [-0.2, 0) is 10.3 Å². The van der Waals surface area contributed by atoms with E-state index in [0.29, 0.717) is 36.0 Å². The molecule has 0 spiro atoms. The van der Waals surface area contributed by atoms with E-state index in [0.717, 1.165) is 5.56 Å². The number of anilines is 1. The van der Waals surface area contributed by atoms with Gasteiger partial charge < -0.3 is 24.8 Å². The number of urea groups is 1. The van der Waals surface area contributed by atoms with Gasteiger partial charge in [-0.25, -0.2) is 9.59 Å². The van der Waals surface area contributed by atoms with Crippen LogP contribution in [0.15, 0.2) is 42.5 Å². The van der Waals surface area contributed by atoms with Gasteiger partial charge in [-0.05, 0) is 49.7 Å². The van der Waals surface area contributed by atoms with Crippen molar-refractivity contribution in [2.24, 2.45) is 0 Å². The molecular formula is C20H22N2O5. The van der Waals surface area contributed by atoms with Crippen LogP contribution in [0.4, 0.5) is 10.5 Å². The first-order valence-corrected chi connectivity index (χ1v) is 8.57. The lowest BCUT2D eigenvalue weighted by atomic mass is 9.94. The summed E-state index contributed by atoms with van der Waals surface area (Å²) < 4.78 is 15.8. The molecule has 0 bridgehead atoms. The second-order valence-corrected chi connectivity index (χ2v) is 6.63. The number of hydrogen-bond donors (Lipinski definition) is 2. The van der Waals surface area contributed by atoms with Gasteiger partial charge in [0.05, 0.1) is 18.2 Å². The number of benzene rings is 2. The molecule has 0 fully saturated rings. The maximum Gasteiger partial charge on any atom is 0.337 e. The topological polar surface area (TPSA) is 85.9 Å². The summed E-state index contributed by atoms with van der Waals surface area (Å²) in [7, 11) is 1.31. The molecule has 0 saturated carbocycles. The van der Waals surface area contributed by atoms with E-state index >= 15 is 0 Å². The zero-order chi connectivity index (χ0) is 19.4. The third-order valence-corrected chi connectivity index (χ3v) is 4.23. The number of esters is 1. The van der Waals surface area contributed by atoms with Crippen molar-refractivity contribution >= 4 is 17.7 Å². The molecule has 3 rings (SSSR count). The van der Waals surface area contributed by atoms with E-state index in [1.165, 1.54) is 7.11 Å². The van der Waals surface area contributed by atoms with Crippen LogP contribution in [0, 0.1) is 0 Å². The molecule has 2 amide bonds. The Balaban J connectivity index is 1.70. The molecule has 2 aromatic carbocycles. The molecule has 1 aliphatic rings. The number of ether oxygens (including phenoxy) is 3. The summed E-state index contributed by atoms with van der Waals surface area (Å²) in [5, 5.41) is 5.66. The number of carbonyl (C=O) groups is 2. The molecular weight excluding hydrogens is 348 g/mol. The quantitative estimate of drug-likeness (QED) is 0.807. The Morgan fingerprint density at radius 2 is 1.78 bits per heavy atom. The number of amides is 2. The fourth-order valence-corrected chi connectivity index (χ4v) is 2.79. The van der Waals surface area contributed by atoms with Gasteiger partial charge in [-0.1, -0.05) is 12.1 Å². The Bertz CT molecular complexity index is 863. The number of rotatable bonds is 4. The molecule has 0 radical (unpaired) electrons. The largest absolute Gasteiger partial charge is 0.486 e. The van der Waals surface area contributed by atoms with Gasteiger partial charge in [0.1, 0.15) is 13.2 Å². The molecule has 0 aliphatic carbocycles. The van der Waals surface area contributed by atoms with Crippen LogP contribution in [-0.4, -0.2) is 32.3 Å². The smallest absolute Gasteiger partial charge is 0.337 e. The number of nitrogens with one attached hydrogen (secondary N) is 2. The van der Waals surface area contributed by atoms with E-state index in [1.54, 1.807) is 24.3 Å². The molecule has 2 N–H and O–H groups in total. The fraction of sp³-hybridized carbons (Fsp3) is 0.300. The normalized spacial score (nSPS) is 12.9. The van der Waals surface area contributed by atoms with E-state index in [4.69, 9.17) is 14.2 Å². The Labute approximate surface area is 157 Å². The second-order valence-electron chi connectivity index (χ2n) is 6.63. The van der Waals surface area contributed by atoms with Crippen molar-refractivity contribution in [3.63, 3.8) is 0 Å². The summed E-state index contributed by atoms with van der Waals surface area (Å²) in [6.07, 6.45) is 0. The van der Waals surface area contributed by atoms with Gasteiger partial charge in [0.25, 0.3) is 0 Å². The minimum Gasteiger partial charge on any atom is -0.486 e. The van der Waals surface area contributed by atoms with Crippen molar-refractivity contribution in [3.05, 3.63) is 53.6 Å². The minimum atomic E-state index is -0.653. The highest BCUT2D eigenvalue weighted by Gasteiger charge is 2.25. The van der Waals surface area contributed by atoms with Gasteiger partial charge in [-0.3, -0.25) is 0 Å². The van der Waals surface area contributed by atoms with Crippen molar-refractivity contribution in [3.8, 4) is 11.5 Å². The number of carbonyl (C=O) groups excluding carboxylic acids is 2. The highest BCUT2D eigenvalue weighted by molar-refractivity contribution is 5.94. The number of fused-ring (bicyclic) bond motifs is 1. The minimum absolute atomic E-state index is 0.362.